The Morgan fingerprint density at radius 1 is 1.14 bits per heavy atom. The molecule has 1 aromatic carbocycles. The van der Waals surface area contributed by atoms with Gasteiger partial charge in [-0.05, 0) is 24.5 Å². The van der Waals surface area contributed by atoms with Crippen LogP contribution < -0.4 is 0 Å². The van der Waals surface area contributed by atoms with Crippen molar-refractivity contribution in [1.82, 2.24) is 4.98 Å². The molecule has 0 aliphatic rings. The highest BCUT2D eigenvalue weighted by atomic mass is 32.2. The molecule has 0 amide bonds. The van der Waals surface area contributed by atoms with Crippen molar-refractivity contribution in [2.75, 3.05) is 6.26 Å². The fraction of sp³-hybridized carbons (Fsp3) is 0.0588. The lowest BCUT2D eigenvalue weighted by Crippen LogP contribution is -1.95. The van der Waals surface area contributed by atoms with E-state index in [1.807, 2.05) is 54.8 Å². The first-order valence-electron chi connectivity index (χ1n) is 6.42. The third-order valence-electron chi connectivity index (χ3n) is 3.14. The summed E-state index contributed by atoms with van der Waals surface area (Å²) >= 11 is 1.54. The van der Waals surface area contributed by atoms with Crippen LogP contribution in [0.5, 0.6) is 0 Å². The number of furan rings is 1. The molecule has 0 aliphatic carbocycles. The number of aromatic nitrogens is 1. The maximum atomic E-state index is 9.49. The summed E-state index contributed by atoms with van der Waals surface area (Å²) in [6, 6.07) is 17.6. The van der Waals surface area contributed by atoms with Crippen LogP contribution in [-0.4, -0.2) is 11.2 Å². The largest absolute Gasteiger partial charge is 0.463 e. The van der Waals surface area contributed by atoms with Crippen molar-refractivity contribution in [1.29, 1.82) is 5.26 Å². The van der Waals surface area contributed by atoms with E-state index in [-0.39, 0.29) is 0 Å². The van der Waals surface area contributed by atoms with Crippen LogP contribution >= 0.6 is 11.8 Å². The molecule has 0 atom stereocenters. The molecule has 0 aliphatic heterocycles. The molecule has 0 saturated heterocycles. The second-order valence-corrected chi connectivity index (χ2v) is 5.24. The number of nitrogens with zero attached hydrogens (tertiary/aromatic N) is 2. The molecule has 4 heteroatoms. The Kier molecular flexibility index (Phi) is 3.76. The summed E-state index contributed by atoms with van der Waals surface area (Å²) in [5.41, 5.74) is 2.96. The number of hydrogen-bond acceptors (Lipinski definition) is 4. The van der Waals surface area contributed by atoms with Crippen LogP contribution in [0.4, 0.5) is 0 Å². The number of pyridine rings is 1. The van der Waals surface area contributed by atoms with E-state index in [1.165, 1.54) is 11.8 Å². The lowest BCUT2D eigenvalue weighted by atomic mass is 10.1. The minimum absolute atomic E-state index is 0.601. The maximum absolute atomic E-state index is 9.49. The number of nitriles is 1. The van der Waals surface area contributed by atoms with Crippen molar-refractivity contribution in [2.24, 2.45) is 0 Å². The van der Waals surface area contributed by atoms with Gasteiger partial charge in [-0.25, -0.2) is 4.98 Å². The Hall–Kier alpha value is -2.51. The molecule has 0 fully saturated rings. The van der Waals surface area contributed by atoms with Gasteiger partial charge in [-0.3, -0.25) is 0 Å². The third-order valence-corrected chi connectivity index (χ3v) is 3.90. The minimum atomic E-state index is 0.601. The molecule has 0 bridgehead atoms. The van der Waals surface area contributed by atoms with Gasteiger partial charge < -0.3 is 4.42 Å². The molecule has 0 saturated carbocycles. The van der Waals surface area contributed by atoms with Crippen molar-refractivity contribution >= 4 is 11.8 Å². The van der Waals surface area contributed by atoms with Crippen LogP contribution in [-0.2, 0) is 0 Å². The van der Waals surface area contributed by atoms with Crippen LogP contribution in [0.3, 0.4) is 0 Å². The zero-order valence-electron chi connectivity index (χ0n) is 11.4. The predicted molar refractivity (Wildman–Crippen MR) is 83.9 cm³/mol. The van der Waals surface area contributed by atoms with Gasteiger partial charge in [0.25, 0.3) is 0 Å². The predicted octanol–water partition coefficient (Wildman–Crippen LogP) is 4.60. The SMILES string of the molecule is CSc1cc(-c2ccco2)nc(-c2ccccc2)c1C#N. The molecule has 3 aromatic rings. The van der Waals surface area contributed by atoms with Crippen LogP contribution in [0.15, 0.2) is 64.1 Å². The Labute approximate surface area is 127 Å². The van der Waals surface area contributed by atoms with E-state index in [9.17, 15) is 5.26 Å². The van der Waals surface area contributed by atoms with Gasteiger partial charge in [0.1, 0.15) is 11.8 Å². The van der Waals surface area contributed by atoms with Gasteiger partial charge in [0.15, 0.2) is 5.76 Å². The molecule has 3 rings (SSSR count). The lowest BCUT2D eigenvalue weighted by Gasteiger charge is -2.09. The van der Waals surface area contributed by atoms with Crippen molar-refractivity contribution in [3.63, 3.8) is 0 Å². The van der Waals surface area contributed by atoms with Gasteiger partial charge in [-0.2, -0.15) is 5.26 Å². The third kappa shape index (κ3) is 2.56. The van der Waals surface area contributed by atoms with Crippen molar-refractivity contribution in [2.45, 2.75) is 4.90 Å². The van der Waals surface area contributed by atoms with Gasteiger partial charge >= 0.3 is 0 Å². The molecule has 2 heterocycles. The van der Waals surface area contributed by atoms with E-state index in [1.54, 1.807) is 6.26 Å². The summed E-state index contributed by atoms with van der Waals surface area (Å²) in [5, 5.41) is 9.49. The molecule has 0 N–H and O–H groups in total. The fourth-order valence-corrected chi connectivity index (χ4v) is 2.72. The molecular weight excluding hydrogens is 280 g/mol. The second-order valence-electron chi connectivity index (χ2n) is 4.39. The van der Waals surface area contributed by atoms with Crippen LogP contribution in [0, 0.1) is 11.3 Å². The minimum Gasteiger partial charge on any atom is -0.463 e. The molecule has 21 heavy (non-hydrogen) atoms. The van der Waals surface area contributed by atoms with Gasteiger partial charge in [0.2, 0.25) is 0 Å². The van der Waals surface area contributed by atoms with E-state index >= 15 is 0 Å². The smallest absolute Gasteiger partial charge is 0.152 e. The van der Waals surface area contributed by atoms with E-state index < -0.39 is 0 Å². The quantitative estimate of drug-likeness (QED) is 0.662. The van der Waals surface area contributed by atoms with Crippen molar-refractivity contribution in [3.8, 4) is 28.8 Å². The molecule has 2 aromatic heterocycles. The number of benzene rings is 1. The van der Waals surface area contributed by atoms with Gasteiger partial charge in [-0.1, -0.05) is 30.3 Å². The van der Waals surface area contributed by atoms with Crippen molar-refractivity contribution < 1.29 is 4.42 Å². The van der Waals surface area contributed by atoms with Crippen LogP contribution in [0.25, 0.3) is 22.7 Å². The van der Waals surface area contributed by atoms with E-state index in [4.69, 9.17) is 4.42 Å². The molecular formula is C17H12N2OS. The normalized spacial score (nSPS) is 10.3. The number of rotatable bonds is 3. The van der Waals surface area contributed by atoms with Gasteiger partial charge in [-0.15, -0.1) is 11.8 Å². The monoisotopic (exact) mass is 292 g/mol. The highest BCUT2D eigenvalue weighted by Gasteiger charge is 2.15. The first kappa shape index (κ1) is 13.5. The summed E-state index contributed by atoms with van der Waals surface area (Å²) in [6.45, 7) is 0. The zero-order chi connectivity index (χ0) is 14.7. The standard InChI is InChI=1S/C17H12N2OS/c1-21-16-10-14(15-8-5-9-20-15)19-17(13(16)11-18)12-6-3-2-4-7-12/h2-10H,1H3. The number of thioether (sulfide) groups is 1. The fourth-order valence-electron chi connectivity index (χ4n) is 2.15. The first-order valence-corrected chi connectivity index (χ1v) is 7.64. The maximum Gasteiger partial charge on any atom is 0.152 e. The van der Waals surface area contributed by atoms with Crippen LogP contribution in [0.2, 0.25) is 0 Å². The van der Waals surface area contributed by atoms with E-state index in [0.717, 1.165) is 16.2 Å². The van der Waals surface area contributed by atoms with Gasteiger partial charge in [0, 0.05) is 10.5 Å². The Balaban J connectivity index is 2.27. The van der Waals surface area contributed by atoms with E-state index in [0.29, 0.717) is 17.0 Å². The van der Waals surface area contributed by atoms with Gasteiger partial charge in [0.05, 0.1) is 17.5 Å². The molecule has 0 spiro atoms. The average Bonchev–Trinajstić information content (AvgIpc) is 3.08. The molecule has 0 radical (unpaired) electrons. The summed E-state index contributed by atoms with van der Waals surface area (Å²) in [4.78, 5) is 5.54. The molecule has 102 valence electrons. The highest BCUT2D eigenvalue weighted by molar-refractivity contribution is 7.98. The second kappa shape index (κ2) is 5.86. The summed E-state index contributed by atoms with van der Waals surface area (Å²) in [5.74, 6) is 0.701. The Bertz CT molecular complexity index is 790. The summed E-state index contributed by atoms with van der Waals surface area (Å²) < 4.78 is 5.43. The lowest BCUT2D eigenvalue weighted by molar-refractivity contribution is 0.580. The Morgan fingerprint density at radius 2 is 1.95 bits per heavy atom. The van der Waals surface area contributed by atoms with E-state index in [2.05, 4.69) is 11.1 Å². The molecule has 3 nitrogen and oxygen atoms in total. The summed E-state index contributed by atoms with van der Waals surface area (Å²) in [6.07, 6.45) is 3.58. The summed E-state index contributed by atoms with van der Waals surface area (Å²) in [7, 11) is 0. The topological polar surface area (TPSA) is 49.8 Å². The zero-order valence-corrected chi connectivity index (χ0v) is 12.2. The highest BCUT2D eigenvalue weighted by Crippen LogP contribution is 2.33. The first-order chi connectivity index (χ1) is 10.3. The Morgan fingerprint density at radius 3 is 2.57 bits per heavy atom. The van der Waals surface area contributed by atoms with Crippen LogP contribution in [0.1, 0.15) is 5.56 Å². The number of hydrogen-bond donors (Lipinski definition) is 0. The van der Waals surface area contributed by atoms with Crippen molar-refractivity contribution in [3.05, 3.63) is 60.4 Å². The average molecular weight is 292 g/mol. The molecule has 0 unspecified atom stereocenters.